The molecule has 450 valence electrons. The molecule has 14 unspecified atom stereocenters. The molecule has 10 aliphatic rings. The number of carbonyl (C=O) groups excluding carboxylic acids is 2. The van der Waals surface area contributed by atoms with Crippen LogP contribution < -0.4 is 10.4 Å². The molecule has 5 aromatic carbocycles. The van der Waals surface area contributed by atoms with Gasteiger partial charge in [0, 0.05) is 72.2 Å². The Morgan fingerprint density at radius 1 is 0.750 bits per heavy atom. The quantitative estimate of drug-likeness (QED) is 0.0576. The maximum atomic E-state index is 16.0. The van der Waals surface area contributed by atoms with E-state index < -0.39 is 47.9 Å². The third-order valence-corrected chi connectivity index (χ3v) is 22.3. The standard InChI is InChI=1S/C77H76O11/c1-44(41-79)54-29-21-45-19-22-47(23-20-45)55-30-26-49(57-15-8-18-65-60(57)32-28-53-13-7-12-52-27-24-48-11-4-6-17-64(48)77(52,53)65)38-51(55)39-68(81)85-72-70-67(34-33-61-63(42-80)69(75(83)86-71(61)70)50(35-37-78)43-84-2)88-76(73(72)87-74(54)82)36-9-16-59-58-31-25-46-10-3-5-14-56(46)62(58)40-66(59)76/h3-6,8-11,14-20,22-28,30-34,49-53,55,58-59,62,66,72-73,78-80H,7,12-13,21,29,35-43H2,1-2H3. The zero-order valence-corrected chi connectivity index (χ0v) is 50.0. The lowest BCUT2D eigenvalue weighted by Gasteiger charge is -2.53. The van der Waals surface area contributed by atoms with Crippen LogP contribution in [-0.4, -0.2) is 65.9 Å². The summed E-state index contributed by atoms with van der Waals surface area (Å²) in [7, 11) is 1.52. The van der Waals surface area contributed by atoms with Gasteiger partial charge in [-0.15, -0.1) is 0 Å². The second kappa shape index (κ2) is 22.7. The minimum absolute atomic E-state index is 0.00218. The maximum Gasteiger partial charge on any atom is 0.340 e. The Morgan fingerprint density at radius 3 is 2.33 bits per heavy atom. The predicted octanol–water partition coefficient (Wildman–Crippen LogP) is 13.6. The number of hydrogen-bond acceptors (Lipinski definition) is 11. The van der Waals surface area contributed by atoms with Crippen molar-refractivity contribution >= 4 is 41.1 Å². The number of benzene rings is 5. The number of aliphatic hydroxyl groups excluding tert-OH is 3. The highest BCUT2D eigenvalue weighted by Gasteiger charge is 2.65. The first-order valence-electron chi connectivity index (χ1n) is 32.1. The lowest BCUT2D eigenvalue weighted by atomic mass is 9.49. The van der Waals surface area contributed by atoms with Crippen molar-refractivity contribution in [1.29, 1.82) is 0 Å². The van der Waals surface area contributed by atoms with Gasteiger partial charge in [-0.2, -0.15) is 0 Å². The van der Waals surface area contributed by atoms with E-state index in [0.29, 0.717) is 59.8 Å². The van der Waals surface area contributed by atoms with Gasteiger partial charge < -0.3 is 38.7 Å². The molecule has 0 radical (unpaired) electrons. The van der Waals surface area contributed by atoms with Crippen LogP contribution >= 0.6 is 0 Å². The first-order valence-corrected chi connectivity index (χ1v) is 32.1. The van der Waals surface area contributed by atoms with E-state index in [1.165, 1.54) is 46.9 Å². The molecule has 6 aromatic rings. The van der Waals surface area contributed by atoms with E-state index in [9.17, 15) is 20.1 Å². The first-order chi connectivity index (χ1) is 43.1. The minimum Gasteiger partial charge on any atom is -0.482 e. The Hall–Kier alpha value is -7.67. The summed E-state index contributed by atoms with van der Waals surface area (Å²) in [6.45, 7) is 0.650. The summed E-state index contributed by atoms with van der Waals surface area (Å²) in [5.41, 5.74) is 10.3. The third kappa shape index (κ3) is 8.98. The summed E-state index contributed by atoms with van der Waals surface area (Å²) < 4.78 is 34.0. The van der Waals surface area contributed by atoms with Gasteiger partial charge in [0.2, 0.25) is 0 Å². The summed E-state index contributed by atoms with van der Waals surface area (Å²) in [4.78, 5) is 46.4. The Balaban J connectivity index is 0.887. The van der Waals surface area contributed by atoms with Gasteiger partial charge in [0.05, 0.1) is 25.4 Å². The van der Waals surface area contributed by atoms with Crippen molar-refractivity contribution in [2.24, 2.45) is 35.5 Å². The third-order valence-electron chi connectivity index (χ3n) is 22.3. The second-order valence-corrected chi connectivity index (χ2v) is 26.5. The molecule has 7 aliphatic carbocycles. The molecular formula is C77H76O11. The van der Waals surface area contributed by atoms with Crippen LogP contribution in [0.2, 0.25) is 0 Å². The second-order valence-electron chi connectivity index (χ2n) is 26.5. The average molecular weight is 1180 g/mol. The molecule has 2 saturated carbocycles. The van der Waals surface area contributed by atoms with Crippen LogP contribution in [0.4, 0.5) is 0 Å². The Morgan fingerprint density at radius 2 is 1.52 bits per heavy atom. The molecule has 0 saturated heterocycles. The maximum absolute atomic E-state index is 16.0. The summed E-state index contributed by atoms with van der Waals surface area (Å²) in [5.74, 6) is -1.35. The van der Waals surface area contributed by atoms with Crippen molar-refractivity contribution in [3.63, 3.8) is 0 Å². The molecule has 3 aliphatic heterocycles. The number of ether oxygens (including phenoxy) is 4. The van der Waals surface area contributed by atoms with Gasteiger partial charge in [-0.05, 0) is 161 Å². The summed E-state index contributed by atoms with van der Waals surface area (Å²) in [6, 6.07) is 36.5. The number of fused-ring (bicyclic) bond motifs is 19. The van der Waals surface area contributed by atoms with Crippen molar-refractivity contribution in [2.45, 2.75) is 125 Å². The van der Waals surface area contributed by atoms with E-state index in [1.54, 1.807) is 19.1 Å². The monoisotopic (exact) mass is 1180 g/mol. The lowest BCUT2D eigenvalue weighted by molar-refractivity contribution is -0.205. The van der Waals surface area contributed by atoms with E-state index in [0.717, 1.165) is 29.5 Å². The molecule has 14 atom stereocenters. The van der Waals surface area contributed by atoms with Crippen LogP contribution in [0.15, 0.2) is 166 Å². The van der Waals surface area contributed by atoms with Gasteiger partial charge in [0.25, 0.3) is 0 Å². The van der Waals surface area contributed by atoms with Crippen LogP contribution in [0.5, 0.6) is 5.75 Å². The Kier molecular flexibility index (Phi) is 14.7. The molecule has 11 heteroatoms. The number of aliphatic hydroxyl groups is 3. The van der Waals surface area contributed by atoms with E-state index in [-0.39, 0.29) is 108 Å². The number of rotatable bonds is 8. The fourth-order valence-electron chi connectivity index (χ4n) is 18.4. The van der Waals surface area contributed by atoms with Gasteiger partial charge in [-0.1, -0.05) is 158 Å². The van der Waals surface area contributed by atoms with Crippen molar-refractivity contribution in [3.8, 4) is 5.75 Å². The van der Waals surface area contributed by atoms with Gasteiger partial charge >= 0.3 is 17.6 Å². The number of hydrogen-bond donors (Lipinski definition) is 3. The lowest BCUT2D eigenvalue weighted by Crippen LogP contribution is -2.61. The van der Waals surface area contributed by atoms with Crippen molar-refractivity contribution in [3.05, 3.63) is 234 Å². The highest BCUT2D eigenvalue weighted by Crippen LogP contribution is 2.63. The largest absolute Gasteiger partial charge is 0.482 e. The highest BCUT2D eigenvalue weighted by atomic mass is 16.6. The van der Waals surface area contributed by atoms with Gasteiger partial charge in [-0.3, -0.25) is 4.79 Å². The topological polar surface area (TPSA) is 162 Å². The molecule has 4 heterocycles. The highest BCUT2D eigenvalue weighted by molar-refractivity contribution is 5.91. The summed E-state index contributed by atoms with van der Waals surface area (Å²) in [5, 5.41) is 32.8. The number of allylic oxidation sites excluding steroid dienone is 6. The molecule has 2 fully saturated rings. The van der Waals surface area contributed by atoms with Crippen molar-refractivity contribution < 1.29 is 48.3 Å². The molecule has 3 N–H and O–H groups in total. The summed E-state index contributed by atoms with van der Waals surface area (Å²) >= 11 is 0. The number of aryl methyl sites for hydroxylation is 1. The zero-order valence-electron chi connectivity index (χ0n) is 50.0. The zero-order chi connectivity index (χ0) is 60.0. The van der Waals surface area contributed by atoms with Crippen molar-refractivity contribution in [2.75, 3.05) is 26.9 Å². The fourth-order valence-corrected chi connectivity index (χ4v) is 18.4. The number of carbonyl (C=O) groups is 2. The SMILES string of the molecule is COCC(CCO)c1c(CO)c2ccc3c(c2oc1=O)C1OC(=O)CC2CC(c4cccc5c4C=CC4CCCC6C=Cc7ccccc7C564)C=CC2c2ccc(cc2)CCC(=C(C)CO)C(=O)OC1C1(CC=CC2C4C=Cc5ccccc5C4CC21)O3. The molecule has 16 rings (SSSR count). The number of methoxy groups -OCH3 is 1. The Labute approximate surface area is 513 Å². The first kappa shape index (κ1) is 56.8. The van der Waals surface area contributed by atoms with E-state index in [4.69, 9.17) is 23.4 Å². The summed E-state index contributed by atoms with van der Waals surface area (Å²) in [6.07, 6.45) is 26.5. The van der Waals surface area contributed by atoms with Crippen LogP contribution in [0.3, 0.4) is 0 Å². The van der Waals surface area contributed by atoms with E-state index in [1.807, 2.05) is 0 Å². The van der Waals surface area contributed by atoms with Crippen molar-refractivity contribution in [1.82, 2.24) is 0 Å². The Bertz CT molecular complexity index is 4020. The fraction of sp³-hybridized carbons (Fsp3) is 0.390. The molecule has 2 bridgehead atoms. The molecule has 11 nitrogen and oxygen atoms in total. The van der Waals surface area contributed by atoms with Crippen LogP contribution in [0.1, 0.15) is 161 Å². The van der Waals surface area contributed by atoms with Crippen LogP contribution in [-0.2, 0) is 42.2 Å². The molecule has 2 spiro atoms. The molecule has 88 heavy (non-hydrogen) atoms. The molecule has 0 amide bonds. The molecular weight excluding hydrogens is 1100 g/mol. The number of esters is 2. The van der Waals surface area contributed by atoms with Gasteiger partial charge in [-0.25, -0.2) is 9.59 Å². The minimum atomic E-state index is -1.39. The van der Waals surface area contributed by atoms with Gasteiger partial charge in [0.1, 0.15) is 11.3 Å². The van der Waals surface area contributed by atoms with Gasteiger partial charge in [0.15, 0.2) is 17.8 Å². The smallest absolute Gasteiger partial charge is 0.340 e. The molecule has 1 aromatic heterocycles. The van der Waals surface area contributed by atoms with E-state index in [2.05, 4.69) is 152 Å². The normalized spacial score (nSPS) is 31.3. The predicted molar refractivity (Wildman–Crippen MR) is 338 cm³/mol. The van der Waals surface area contributed by atoms with E-state index >= 15 is 9.59 Å². The van der Waals surface area contributed by atoms with Crippen LogP contribution in [0, 0.1) is 35.5 Å². The average Bonchev–Trinajstić information content (AvgIpc) is 0.986. The van der Waals surface area contributed by atoms with Crippen LogP contribution in [0.25, 0.3) is 29.2 Å².